The number of rotatable bonds is 12. The first-order valence-electron chi connectivity index (χ1n) is 16.1. The van der Waals surface area contributed by atoms with Gasteiger partial charge in [0, 0.05) is 0 Å². The van der Waals surface area contributed by atoms with Gasteiger partial charge in [-0.15, -0.1) is 0 Å². The maximum atomic E-state index is 12.4. The molecule has 0 aliphatic rings. The van der Waals surface area contributed by atoms with Crippen molar-refractivity contribution in [3.63, 3.8) is 0 Å². The maximum Gasteiger partial charge on any atom is 0.337 e. The van der Waals surface area contributed by atoms with E-state index in [-0.39, 0.29) is 33.4 Å². The molecule has 0 aliphatic heterocycles. The first-order chi connectivity index (χ1) is 25.9. The topological polar surface area (TPSA) is 158 Å². The standard InChI is InChI=1S/C42H36O12/c1-49-37(43)31-16-28(17-32(22-31)38(44)50-2)10-7-25-13-26(8-11-29-18-33(39(45)51-3)23-34(19-29)40(46)52-4)15-27(14-25)9-12-30-20-35(41(47)53-5)24-36(21-30)42(48)54-6/h7-24H,1-6H3/b10-7+,11-8+,12-9+. The molecule has 276 valence electrons. The lowest BCUT2D eigenvalue weighted by molar-refractivity contribution is 0.0581. The number of ether oxygens (including phenoxy) is 6. The predicted octanol–water partition coefficient (Wildman–Crippen LogP) is 6.92. The summed E-state index contributed by atoms with van der Waals surface area (Å²) in [6.07, 6.45) is 10.4. The number of carbonyl (C=O) groups is 6. The molecule has 12 nitrogen and oxygen atoms in total. The van der Waals surface area contributed by atoms with Crippen molar-refractivity contribution >= 4 is 72.3 Å². The second-order valence-electron chi connectivity index (χ2n) is 11.4. The van der Waals surface area contributed by atoms with Gasteiger partial charge in [-0.3, -0.25) is 0 Å². The van der Waals surface area contributed by atoms with E-state index >= 15 is 0 Å². The number of hydrogen-bond donors (Lipinski definition) is 0. The Balaban J connectivity index is 1.84. The zero-order valence-corrected chi connectivity index (χ0v) is 30.3. The Bertz CT molecular complexity index is 1850. The molecule has 0 atom stereocenters. The van der Waals surface area contributed by atoms with Gasteiger partial charge in [-0.2, -0.15) is 0 Å². The van der Waals surface area contributed by atoms with Crippen LogP contribution in [0, 0.1) is 0 Å². The van der Waals surface area contributed by atoms with Crippen molar-refractivity contribution in [3.05, 3.63) is 140 Å². The predicted molar refractivity (Wildman–Crippen MR) is 201 cm³/mol. The number of methoxy groups -OCH3 is 6. The minimum absolute atomic E-state index is 0.154. The Labute approximate surface area is 311 Å². The van der Waals surface area contributed by atoms with Crippen LogP contribution in [0.1, 0.15) is 95.5 Å². The van der Waals surface area contributed by atoms with Crippen LogP contribution in [0.3, 0.4) is 0 Å². The molecule has 4 rings (SSSR count). The fraction of sp³-hybridized carbons (Fsp3) is 0.143. The van der Waals surface area contributed by atoms with Crippen LogP contribution < -0.4 is 0 Å². The Morgan fingerprint density at radius 2 is 0.426 bits per heavy atom. The van der Waals surface area contributed by atoms with E-state index in [1.807, 2.05) is 18.2 Å². The van der Waals surface area contributed by atoms with E-state index in [9.17, 15) is 28.8 Å². The Hall–Kier alpha value is -7.08. The summed E-state index contributed by atoms with van der Waals surface area (Å²) in [5.41, 5.74) is 4.54. The van der Waals surface area contributed by atoms with E-state index in [1.165, 1.54) is 60.9 Å². The molecule has 0 unspecified atom stereocenters. The van der Waals surface area contributed by atoms with Gasteiger partial charge in [0.1, 0.15) is 0 Å². The van der Waals surface area contributed by atoms with E-state index in [2.05, 4.69) is 0 Å². The summed E-state index contributed by atoms with van der Waals surface area (Å²) in [6.45, 7) is 0. The van der Waals surface area contributed by atoms with Gasteiger partial charge in [0.2, 0.25) is 0 Å². The highest BCUT2D eigenvalue weighted by molar-refractivity contribution is 5.99. The molecule has 0 heterocycles. The van der Waals surface area contributed by atoms with Crippen molar-refractivity contribution in [3.8, 4) is 0 Å². The lowest BCUT2D eigenvalue weighted by atomic mass is 10.00. The van der Waals surface area contributed by atoms with Crippen LogP contribution in [0.4, 0.5) is 0 Å². The largest absolute Gasteiger partial charge is 0.465 e. The normalized spacial score (nSPS) is 11.0. The van der Waals surface area contributed by atoms with Gasteiger partial charge in [-0.25, -0.2) is 28.8 Å². The zero-order chi connectivity index (χ0) is 39.4. The molecule has 0 spiro atoms. The lowest BCUT2D eigenvalue weighted by Crippen LogP contribution is -2.07. The van der Waals surface area contributed by atoms with Crippen LogP contribution in [0.25, 0.3) is 36.5 Å². The quantitative estimate of drug-likeness (QED) is 0.0843. The molecule has 0 radical (unpaired) electrons. The fourth-order valence-electron chi connectivity index (χ4n) is 5.23. The second-order valence-corrected chi connectivity index (χ2v) is 11.4. The van der Waals surface area contributed by atoms with Gasteiger partial charge in [-0.05, 0) is 106 Å². The molecular weight excluding hydrogens is 696 g/mol. The molecule has 0 N–H and O–H groups in total. The highest BCUT2D eigenvalue weighted by Crippen LogP contribution is 2.22. The third-order valence-corrected chi connectivity index (χ3v) is 7.80. The number of esters is 6. The molecule has 12 heteroatoms. The minimum atomic E-state index is -0.631. The summed E-state index contributed by atoms with van der Waals surface area (Å²) in [6, 6.07) is 19.1. The average Bonchev–Trinajstić information content (AvgIpc) is 3.21. The van der Waals surface area contributed by atoms with Crippen molar-refractivity contribution in [2.24, 2.45) is 0 Å². The second kappa shape index (κ2) is 18.4. The van der Waals surface area contributed by atoms with E-state index in [0.717, 1.165) is 0 Å². The van der Waals surface area contributed by atoms with Crippen molar-refractivity contribution in [1.29, 1.82) is 0 Å². The molecule has 0 saturated carbocycles. The minimum Gasteiger partial charge on any atom is -0.465 e. The van der Waals surface area contributed by atoms with Gasteiger partial charge in [-0.1, -0.05) is 36.5 Å². The Morgan fingerprint density at radius 3 is 0.574 bits per heavy atom. The molecule has 54 heavy (non-hydrogen) atoms. The first kappa shape index (κ1) is 39.7. The highest BCUT2D eigenvalue weighted by atomic mass is 16.5. The molecule has 4 aromatic carbocycles. The molecule has 0 bridgehead atoms. The van der Waals surface area contributed by atoms with Crippen molar-refractivity contribution in [2.45, 2.75) is 0 Å². The van der Waals surface area contributed by atoms with Crippen LogP contribution in [-0.4, -0.2) is 78.5 Å². The molecular formula is C42H36O12. The summed E-state index contributed by atoms with van der Waals surface area (Å²) in [4.78, 5) is 74.1. The van der Waals surface area contributed by atoms with Crippen LogP contribution in [0.2, 0.25) is 0 Å². The summed E-state index contributed by atoms with van der Waals surface area (Å²) < 4.78 is 29.1. The molecule has 0 aromatic heterocycles. The summed E-state index contributed by atoms with van der Waals surface area (Å²) in [7, 11) is 7.42. The number of benzene rings is 4. The lowest BCUT2D eigenvalue weighted by Gasteiger charge is -2.07. The van der Waals surface area contributed by atoms with Gasteiger partial charge >= 0.3 is 35.8 Å². The smallest absolute Gasteiger partial charge is 0.337 e. The van der Waals surface area contributed by atoms with E-state index < -0.39 is 35.8 Å². The van der Waals surface area contributed by atoms with Crippen LogP contribution in [0.5, 0.6) is 0 Å². The van der Waals surface area contributed by atoms with E-state index in [1.54, 1.807) is 72.9 Å². The van der Waals surface area contributed by atoms with Crippen LogP contribution in [-0.2, 0) is 28.4 Å². The molecule has 0 aliphatic carbocycles. The van der Waals surface area contributed by atoms with Crippen molar-refractivity contribution in [2.75, 3.05) is 42.7 Å². The fourth-order valence-corrected chi connectivity index (χ4v) is 5.23. The molecule has 0 saturated heterocycles. The summed E-state index contributed by atoms with van der Waals surface area (Å²) in [5, 5.41) is 0. The maximum absolute atomic E-state index is 12.4. The third kappa shape index (κ3) is 10.3. The zero-order valence-electron chi connectivity index (χ0n) is 30.3. The van der Waals surface area contributed by atoms with Crippen LogP contribution >= 0.6 is 0 Å². The van der Waals surface area contributed by atoms with Gasteiger partial charge < -0.3 is 28.4 Å². The third-order valence-electron chi connectivity index (χ3n) is 7.80. The first-order valence-corrected chi connectivity index (χ1v) is 16.1. The van der Waals surface area contributed by atoms with Gasteiger partial charge in [0.15, 0.2) is 0 Å². The van der Waals surface area contributed by atoms with Crippen molar-refractivity contribution < 1.29 is 57.2 Å². The molecule has 0 fully saturated rings. The Morgan fingerprint density at radius 1 is 0.278 bits per heavy atom. The summed E-state index contributed by atoms with van der Waals surface area (Å²) >= 11 is 0. The number of carbonyl (C=O) groups excluding carboxylic acids is 6. The molecule has 4 aromatic rings. The number of hydrogen-bond acceptors (Lipinski definition) is 12. The van der Waals surface area contributed by atoms with E-state index in [0.29, 0.717) is 33.4 Å². The summed E-state index contributed by atoms with van der Waals surface area (Å²) in [5.74, 6) is -3.79. The van der Waals surface area contributed by atoms with Crippen LogP contribution in [0.15, 0.2) is 72.8 Å². The monoisotopic (exact) mass is 732 g/mol. The van der Waals surface area contributed by atoms with Crippen molar-refractivity contribution in [1.82, 2.24) is 0 Å². The molecule has 0 amide bonds. The van der Waals surface area contributed by atoms with Gasteiger partial charge in [0.05, 0.1) is 76.0 Å². The van der Waals surface area contributed by atoms with E-state index in [4.69, 9.17) is 28.4 Å². The average molecular weight is 733 g/mol. The Kier molecular flexibility index (Phi) is 13.5. The SMILES string of the molecule is COC(=O)c1cc(/C=C/c2cc(/C=C/c3cc(C(=O)OC)cc(C(=O)OC)c3)cc(/C=C/c3cc(C(=O)OC)cc(C(=O)OC)c3)c2)cc(C(=O)OC)c1. The highest BCUT2D eigenvalue weighted by Gasteiger charge is 2.16. The van der Waals surface area contributed by atoms with Gasteiger partial charge in [0.25, 0.3) is 0 Å².